The van der Waals surface area contributed by atoms with Crippen LogP contribution >= 0.6 is 24.4 Å². The summed E-state index contributed by atoms with van der Waals surface area (Å²) in [6.07, 6.45) is 0. The Bertz CT molecular complexity index is 1480. The molecule has 0 amide bonds. The number of fused-ring (bicyclic) bond motifs is 2. The van der Waals surface area contributed by atoms with Crippen LogP contribution in [-0.2, 0) is 0 Å². The molecule has 0 bridgehead atoms. The van der Waals surface area contributed by atoms with Crippen LogP contribution in [0, 0.1) is 0 Å². The van der Waals surface area contributed by atoms with Gasteiger partial charge in [-0.15, -0.1) is 12.6 Å². The number of aliphatic imine (C=N–C) groups is 1. The summed E-state index contributed by atoms with van der Waals surface area (Å²) in [5.41, 5.74) is 11.4. The Balaban J connectivity index is 0.974. The van der Waals surface area contributed by atoms with E-state index in [0.29, 0.717) is 12.4 Å². The number of nitrogens with one attached hydrogen (secondary N) is 1. The molecule has 0 unspecified atom stereocenters. The molecule has 0 saturated carbocycles. The molecule has 1 fully saturated rings. The summed E-state index contributed by atoms with van der Waals surface area (Å²) < 4.78 is 6.13. The van der Waals surface area contributed by atoms with Gasteiger partial charge in [-0.1, -0.05) is 42.1 Å². The second-order valence-corrected chi connectivity index (χ2v) is 11.2. The topological polar surface area (TPSA) is 66.1 Å². The molecule has 0 aromatic heterocycles. The molecule has 39 heavy (non-hydrogen) atoms. The fourth-order valence-electron chi connectivity index (χ4n) is 4.86. The first-order chi connectivity index (χ1) is 19.1. The average molecular weight is 554 g/mol. The minimum absolute atomic E-state index is 0.472. The second kappa shape index (κ2) is 11.7. The van der Waals surface area contributed by atoms with E-state index in [-0.39, 0.29) is 0 Å². The maximum absolute atomic E-state index is 6.22. The van der Waals surface area contributed by atoms with Gasteiger partial charge in [-0.3, -0.25) is 4.90 Å². The highest BCUT2D eigenvalue weighted by atomic mass is 32.2. The van der Waals surface area contributed by atoms with Gasteiger partial charge in [0.1, 0.15) is 18.2 Å². The predicted molar refractivity (Wildman–Crippen MR) is 165 cm³/mol. The van der Waals surface area contributed by atoms with Crippen molar-refractivity contribution in [3.05, 3.63) is 96.6 Å². The van der Waals surface area contributed by atoms with Gasteiger partial charge in [-0.25, -0.2) is 4.99 Å². The highest BCUT2D eigenvalue weighted by Crippen LogP contribution is 2.45. The fraction of sp³-hybridized carbons (Fsp3) is 0.194. The van der Waals surface area contributed by atoms with E-state index in [1.807, 2.05) is 36.4 Å². The number of benzene rings is 4. The van der Waals surface area contributed by atoms with Crippen LogP contribution in [0.4, 0.5) is 22.7 Å². The molecule has 198 valence electrons. The number of rotatable bonds is 7. The van der Waals surface area contributed by atoms with Crippen LogP contribution in [0.25, 0.3) is 0 Å². The number of nitrogens with two attached hydrogens (primary N) is 1. The van der Waals surface area contributed by atoms with Crippen LogP contribution in [0.15, 0.2) is 111 Å². The Hall–Kier alpha value is -3.59. The van der Waals surface area contributed by atoms with Crippen molar-refractivity contribution in [1.82, 2.24) is 4.90 Å². The van der Waals surface area contributed by atoms with Crippen LogP contribution in [0.1, 0.15) is 5.56 Å². The van der Waals surface area contributed by atoms with E-state index in [1.165, 1.54) is 15.5 Å². The van der Waals surface area contributed by atoms with Crippen LogP contribution in [0.3, 0.4) is 0 Å². The van der Waals surface area contributed by atoms with Crippen molar-refractivity contribution in [3.63, 3.8) is 0 Å². The third kappa shape index (κ3) is 6.03. The van der Waals surface area contributed by atoms with Crippen molar-refractivity contribution in [2.24, 2.45) is 10.7 Å². The Labute approximate surface area is 239 Å². The molecule has 6 nitrogen and oxygen atoms in total. The minimum atomic E-state index is 0.472. The highest BCUT2D eigenvalue weighted by molar-refractivity contribution is 7.99. The van der Waals surface area contributed by atoms with E-state index < -0.39 is 0 Å². The van der Waals surface area contributed by atoms with E-state index in [1.54, 1.807) is 11.8 Å². The van der Waals surface area contributed by atoms with E-state index in [4.69, 9.17) is 10.5 Å². The van der Waals surface area contributed by atoms with Crippen molar-refractivity contribution in [3.8, 4) is 5.75 Å². The number of hydrogen-bond acceptors (Lipinski definition) is 7. The predicted octanol–water partition coefficient (Wildman–Crippen LogP) is 6.42. The number of amidine groups is 1. The minimum Gasteiger partial charge on any atom is -0.492 e. The molecule has 2 heterocycles. The smallest absolute Gasteiger partial charge is 0.132 e. The number of thiol groups is 1. The maximum atomic E-state index is 6.22. The summed E-state index contributed by atoms with van der Waals surface area (Å²) in [7, 11) is 0. The van der Waals surface area contributed by atoms with Gasteiger partial charge >= 0.3 is 0 Å². The molecule has 4 aromatic carbocycles. The summed E-state index contributed by atoms with van der Waals surface area (Å²) in [5, 5.41) is 3.53. The number of para-hydroxylation sites is 1. The molecule has 0 atom stereocenters. The molecule has 0 spiro atoms. The number of nitrogens with zero attached hydrogens (tertiary/aromatic N) is 3. The van der Waals surface area contributed by atoms with Gasteiger partial charge in [0.05, 0.1) is 17.1 Å². The van der Waals surface area contributed by atoms with Crippen molar-refractivity contribution in [2.45, 2.75) is 14.7 Å². The summed E-state index contributed by atoms with van der Waals surface area (Å²) in [4.78, 5) is 12.8. The van der Waals surface area contributed by atoms with Gasteiger partial charge in [0.15, 0.2) is 0 Å². The summed E-state index contributed by atoms with van der Waals surface area (Å²) in [5.74, 6) is 1.38. The molecule has 2 aliphatic rings. The Morgan fingerprint density at radius 3 is 2.44 bits per heavy atom. The molecular formula is C31H31N5OS2. The lowest BCUT2D eigenvalue weighted by Crippen LogP contribution is -2.47. The van der Waals surface area contributed by atoms with E-state index in [2.05, 4.69) is 87.3 Å². The van der Waals surface area contributed by atoms with Crippen molar-refractivity contribution in [2.75, 3.05) is 49.5 Å². The SMILES string of the molecule is NC(=Nc1ccc(N2CCN(CCOc3ccc4c(c3)Nc3ccccc3S4)CC2)cc1)c1ccccc1S. The first-order valence-electron chi connectivity index (χ1n) is 13.1. The summed E-state index contributed by atoms with van der Waals surface area (Å²) >= 11 is 6.27. The Morgan fingerprint density at radius 2 is 1.62 bits per heavy atom. The largest absolute Gasteiger partial charge is 0.492 e. The normalized spacial score (nSPS) is 15.3. The van der Waals surface area contributed by atoms with E-state index >= 15 is 0 Å². The van der Waals surface area contributed by atoms with Gasteiger partial charge in [0.25, 0.3) is 0 Å². The third-order valence-corrected chi connectivity index (χ3v) is 8.56. The summed E-state index contributed by atoms with van der Waals surface area (Å²) in [6.45, 7) is 5.57. The van der Waals surface area contributed by atoms with E-state index in [0.717, 1.165) is 66.0 Å². The van der Waals surface area contributed by atoms with Crippen LogP contribution < -0.4 is 20.7 Å². The average Bonchev–Trinajstić information content (AvgIpc) is 2.97. The van der Waals surface area contributed by atoms with Crippen LogP contribution in [0.2, 0.25) is 0 Å². The summed E-state index contributed by atoms with van der Waals surface area (Å²) in [6, 6.07) is 30.7. The molecule has 4 aromatic rings. The monoisotopic (exact) mass is 553 g/mol. The zero-order valence-corrected chi connectivity index (χ0v) is 23.3. The van der Waals surface area contributed by atoms with E-state index in [9.17, 15) is 0 Å². The maximum Gasteiger partial charge on any atom is 0.132 e. The number of ether oxygens (including phenoxy) is 1. The molecule has 3 N–H and O–H groups in total. The van der Waals surface area contributed by atoms with Gasteiger partial charge in [0, 0.05) is 64.7 Å². The standard InChI is InChI=1S/C31H31N5OS2/c32-31(25-5-1-3-7-28(25)38)33-22-9-11-23(12-10-22)36-17-15-35(16-18-36)19-20-37-24-13-14-30-27(21-24)34-26-6-2-4-8-29(26)39-30/h1-14,21,34,38H,15-20H2,(H2,32,33). The van der Waals surface area contributed by atoms with Crippen molar-refractivity contribution in [1.29, 1.82) is 0 Å². The lowest BCUT2D eigenvalue weighted by molar-refractivity contribution is 0.200. The van der Waals surface area contributed by atoms with Gasteiger partial charge in [-0.2, -0.15) is 0 Å². The van der Waals surface area contributed by atoms with Crippen molar-refractivity contribution >= 4 is 53.0 Å². The second-order valence-electron chi connectivity index (χ2n) is 9.59. The fourth-order valence-corrected chi connectivity index (χ4v) is 6.10. The highest BCUT2D eigenvalue weighted by Gasteiger charge is 2.18. The number of anilines is 3. The Kier molecular flexibility index (Phi) is 7.67. The molecule has 6 rings (SSSR count). The van der Waals surface area contributed by atoms with Crippen molar-refractivity contribution < 1.29 is 4.74 Å². The molecule has 2 aliphatic heterocycles. The number of hydrogen-bond donors (Lipinski definition) is 3. The zero-order chi connectivity index (χ0) is 26.6. The molecule has 8 heteroatoms. The first-order valence-corrected chi connectivity index (χ1v) is 14.4. The third-order valence-electron chi connectivity index (χ3n) is 7.02. The van der Waals surface area contributed by atoms with Gasteiger partial charge in [0.2, 0.25) is 0 Å². The molecule has 0 aliphatic carbocycles. The lowest BCUT2D eigenvalue weighted by atomic mass is 10.2. The number of piperazine rings is 1. The lowest BCUT2D eigenvalue weighted by Gasteiger charge is -2.36. The molecule has 0 radical (unpaired) electrons. The Morgan fingerprint density at radius 1 is 0.872 bits per heavy atom. The zero-order valence-electron chi connectivity index (χ0n) is 21.6. The van der Waals surface area contributed by atoms with Crippen LogP contribution in [-0.4, -0.2) is 50.1 Å². The quantitative estimate of drug-likeness (QED) is 0.123. The van der Waals surface area contributed by atoms with Crippen LogP contribution in [0.5, 0.6) is 5.75 Å². The molecular weight excluding hydrogens is 523 g/mol. The van der Waals surface area contributed by atoms with Gasteiger partial charge in [-0.05, 0) is 54.6 Å². The molecule has 1 saturated heterocycles. The first kappa shape index (κ1) is 25.7. The van der Waals surface area contributed by atoms with Gasteiger partial charge < -0.3 is 20.7 Å².